The highest BCUT2D eigenvalue weighted by Crippen LogP contribution is 2.17. The van der Waals surface area contributed by atoms with Crippen LogP contribution in [0, 0.1) is 6.92 Å². The van der Waals surface area contributed by atoms with Gasteiger partial charge in [-0.3, -0.25) is 4.68 Å². The Morgan fingerprint density at radius 1 is 1.30 bits per heavy atom. The normalized spacial score (nSPS) is 11.3. The van der Waals surface area contributed by atoms with Crippen molar-refractivity contribution >= 4 is 22.8 Å². The van der Waals surface area contributed by atoms with E-state index >= 15 is 0 Å². The third kappa shape index (κ3) is 2.51. The monoisotopic (exact) mass is 290 g/mol. The lowest BCUT2D eigenvalue weighted by atomic mass is 10.3. The van der Waals surface area contributed by atoms with Gasteiger partial charge in [0.25, 0.3) is 0 Å². The fourth-order valence-electron chi connectivity index (χ4n) is 2.24. The van der Waals surface area contributed by atoms with Gasteiger partial charge in [0, 0.05) is 25.5 Å². The Morgan fingerprint density at radius 2 is 2.20 bits per heavy atom. The Morgan fingerprint density at radius 3 is 2.95 bits per heavy atom. The van der Waals surface area contributed by atoms with Crippen LogP contribution in [-0.4, -0.2) is 29.5 Å². The Hall–Kier alpha value is -1.95. The number of imidazole rings is 1. The van der Waals surface area contributed by atoms with Crippen molar-refractivity contribution in [3.05, 3.63) is 36.0 Å². The van der Waals surface area contributed by atoms with Crippen molar-refractivity contribution in [2.75, 3.05) is 0 Å². The van der Waals surface area contributed by atoms with Crippen LogP contribution in [0.3, 0.4) is 0 Å². The molecule has 3 heterocycles. The zero-order chi connectivity index (χ0) is 13.9. The van der Waals surface area contributed by atoms with E-state index in [1.165, 1.54) is 0 Å². The number of alkyl halides is 1. The maximum absolute atomic E-state index is 5.98. The first-order valence-electron chi connectivity index (χ1n) is 6.50. The molecule has 0 radical (unpaired) electrons. The second-order valence-corrected chi connectivity index (χ2v) is 4.96. The number of aromatic nitrogens is 6. The highest BCUT2D eigenvalue weighted by Gasteiger charge is 2.11. The van der Waals surface area contributed by atoms with E-state index in [4.69, 9.17) is 11.6 Å². The molecule has 3 aromatic rings. The summed E-state index contributed by atoms with van der Waals surface area (Å²) in [6, 6.07) is 2.03. The number of hydrogen-bond donors (Lipinski definition) is 0. The van der Waals surface area contributed by atoms with E-state index in [0.29, 0.717) is 5.88 Å². The molecule has 0 amide bonds. The summed E-state index contributed by atoms with van der Waals surface area (Å²) in [6.07, 6.45) is 6.32. The third-order valence-electron chi connectivity index (χ3n) is 3.16. The maximum atomic E-state index is 5.98. The molecule has 104 valence electrons. The van der Waals surface area contributed by atoms with Crippen LogP contribution in [0.1, 0.15) is 17.8 Å². The molecule has 0 atom stereocenters. The molecule has 0 bridgehead atoms. The van der Waals surface area contributed by atoms with E-state index in [9.17, 15) is 0 Å². The molecular weight excluding hydrogens is 276 g/mol. The first kappa shape index (κ1) is 13.1. The van der Waals surface area contributed by atoms with Crippen LogP contribution in [0.4, 0.5) is 0 Å². The zero-order valence-corrected chi connectivity index (χ0v) is 12.0. The van der Waals surface area contributed by atoms with E-state index in [-0.39, 0.29) is 0 Å². The fraction of sp³-hybridized carbons (Fsp3) is 0.385. The average Bonchev–Trinajstić information content (AvgIpc) is 3.06. The van der Waals surface area contributed by atoms with E-state index in [1.807, 2.05) is 30.1 Å². The molecule has 3 aromatic heterocycles. The van der Waals surface area contributed by atoms with Crippen molar-refractivity contribution in [1.29, 1.82) is 0 Å². The maximum Gasteiger partial charge on any atom is 0.160 e. The summed E-state index contributed by atoms with van der Waals surface area (Å²) in [7, 11) is 0. The second-order valence-electron chi connectivity index (χ2n) is 4.69. The molecule has 0 aliphatic heterocycles. The van der Waals surface area contributed by atoms with Gasteiger partial charge in [0.05, 0.1) is 12.1 Å². The number of aryl methyl sites for hydroxylation is 3. The topological polar surface area (TPSA) is 61.4 Å². The molecule has 0 N–H and O–H groups in total. The van der Waals surface area contributed by atoms with E-state index < -0.39 is 0 Å². The predicted molar refractivity (Wildman–Crippen MR) is 76.5 cm³/mol. The smallest absolute Gasteiger partial charge is 0.160 e. The molecule has 0 saturated heterocycles. The molecule has 0 fully saturated rings. The average molecular weight is 291 g/mol. The van der Waals surface area contributed by atoms with Crippen molar-refractivity contribution in [2.45, 2.75) is 32.3 Å². The van der Waals surface area contributed by atoms with Crippen LogP contribution in [0.2, 0.25) is 0 Å². The number of nitrogens with zero attached hydrogens (tertiary/aromatic N) is 6. The minimum Gasteiger partial charge on any atom is -0.312 e. The van der Waals surface area contributed by atoms with Gasteiger partial charge in [0.1, 0.15) is 11.3 Å². The van der Waals surface area contributed by atoms with Gasteiger partial charge in [0.2, 0.25) is 0 Å². The van der Waals surface area contributed by atoms with Crippen LogP contribution in [0.5, 0.6) is 0 Å². The largest absolute Gasteiger partial charge is 0.312 e. The van der Waals surface area contributed by atoms with Gasteiger partial charge in [-0.25, -0.2) is 9.97 Å². The van der Waals surface area contributed by atoms with Crippen molar-refractivity contribution in [1.82, 2.24) is 29.5 Å². The molecule has 6 nitrogen and oxygen atoms in total. The molecule has 7 heteroatoms. The zero-order valence-electron chi connectivity index (χ0n) is 11.2. The molecule has 0 aliphatic carbocycles. The van der Waals surface area contributed by atoms with Crippen molar-refractivity contribution in [2.24, 2.45) is 0 Å². The molecular formula is C13H15ClN6. The number of fused-ring (bicyclic) bond motifs is 1. The van der Waals surface area contributed by atoms with E-state index in [2.05, 4.69) is 24.8 Å². The van der Waals surface area contributed by atoms with Gasteiger partial charge < -0.3 is 4.57 Å². The molecule has 20 heavy (non-hydrogen) atoms. The highest BCUT2D eigenvalue weighted by molar-refractivity contribution is 6.16. The molecule has 3 rings (SSSR count). The lowest BCUT2D eigenvalue weighted by Gasteiger charge is -2.07. The van der Waals surface area contributed by atoms with Crippen LogP contribution in [-0.2, 0) is 19.0 Å². The Labute approximate surface area is 121 Å². The Balaban J connectivity index is 1.82. The van der Waals surface area contributed by atoms with E-state index in [1.54, 1.807) is 6.20 Å². The van der Waals surface area contributed by atoms with Crippen LogP contribution >= 0.6 is 11.6 Å². The SMILES string of the molecule is Cc1cnc2c(c1)nc(CCl)n2CCCn1ccnn1. The summed E-state index contributed by atoms with van der Waals surface area (Å²) in [5.41, 5.74) is 2.90. The van der Waals surface area contributed by atoms with Gasteiger partial charge in [0.15, 0.2) is 5.65 Å². The van der Waals surface area contributed by atoms with Crippen LogP contribution in [0.25, 0.3) is 11.2 Å². The summed E-state index contributed by atoms with van der Waals surface area (Å²) in [5, 5.41) is 7.74. The van der Waals surface area contributed by atoms with Gasteiger partial charge in [-0.2, -0.15) is 0 Å². The number of hydrogen-bond acceptors (Lipinski definition) is 4. The molecule has 0 saturated carbocycles. The predicted octanol–water partition coefficient (Wildman–Crippen LogP) is 2.16. The van der Waals surface area contributed by atoms with Crippen LogP contribution in [0.15, 0.2) is 24.7 Å². The van der Waals surface area contributed by atoms with Gasteiger partial charge in [-0.1, -0.05) is 5.21 Å². The van der Waals surface area contributed by atoms with Crippen molar-refractivity contribution in [3.8, 4) is 0 Å². The molecule has 0 aromatic carbocycles. The molecule has 0 unspecified atom stereocenters. The Kier molecular flexibility index (Phi) is 3.64. The first-order chi connectivity index (χ1) is 9.78. The fourth-order valence-corrected chi connectivity index (χ4v) is 2.44. The number of halogens is 1. The number of rotatable bonds is 5. The Bertz CT molecular complexity index is 703. The number of pyridine rings is 1. The standard InChI is InChI=1S/C13H15ClN6/c1-10-7-11-13(15-9-10)20(12(8-14)17-11)5-2-4-19-6-3-16-18-19/h3,6-7,9H,2,4-5,8H2,1H3. The molecule has 0 spiro atoms. The lowest BCUT2D eigenvalue weighted by Crippen LogP contribution is -2.07. The minimum atomic E-state index is 0.388. The lowest BCUT2D eigenvalue weighted by molar-refractivity contribution is 0.513. The van der Waals surface area contributed by atoms with Crippen LogP contribution < -0.4 is 0 Å². The van der Waals surface area contributed by atoms with Crippen molar-refractivity contribution < 1.29 is 0 Å². The molecule has 0 aliphatic rings. The summed E-state index contributed by atoms with van der Waals surface area (Å²) in [5.74, 6) is 1.25. The van der Waals surface area contributed by atoms with Gasteiger partial charge >= 0.3 is 0 Å². The quantitative estimate of drug-likeness (QED) is 0.676. The van der Waals surface area contributed by atoms with Gasteiger partial charge in [-0.05, 0) is 25.0 Å². The summed E-state index contributed by atoms with van der Waals surface area (Å²) in [6.45, 7) is 3.64. The first-order valence-corrected chi connectivity index (χ1v) is 7.03. The van der Waals surface area contributed by atoms with E-state index in [0.717, 1.165) is 42.1 Å². The van der Waals surface area contributed by atoms with Gasteiger partial charge in [-0.15, -0.1) is 16.7 Å². The third-order valence-corrected chi connectivity index (χ3v) is 3.40. The highest BCUT2D eigenvalue weighted by atomic mass is 35.5. The van der Waals surface area contributed by atoms with Crippen molar-refractivity contribution in [3.63, 3.8) is 0 Å². The summed E-state index contributed by atoms with van der Waals surface area (Å²) < 4.78 is 3.90. The second kappa shape index (κ2) is 5.58. The summed E-state index contributed by atoms with van der Waals surface area (Å²) >= 11 is 5.98. The summed E-state index contributed by atoms with van der Waals surface area (Å²) in [4.78, 5) is 9.01. The minimum absolute atomic E-state index is 0.388.